The first-order chi connectivity index (χ1) is 10.7. The van der Waals surface area contributed by atoms with E-state index >= 15 is 0 Å². The van der Waals surface area contributed by atoms with E-state index in [1.807, 2.05) is 55.5 Å². The number of rotatable bonds is 6. The Hall–Kier alpha value is -2.33. The van der Waals surface area contributed by atoms with Gasteiger partial charge in [-0.05, 0) is 29.7 Å². The zero-order chi connectivity index (χ0) is 15.9. The molecule has 0 fully saturated rings. The molecule has 1 atom stereocenters. The van der Waals surface area contributed by atoms with Crippen LogP contribution < -0.4 is 10.1 Å². The lowest BCUT2D eigenvalue weighted by molar-refractivity contribution is -0.130. The second kappa shape index (κ2) is 7.61. The lowest BCUT2D eigenvalue weighted by Gasteiger charge is -2.18. The molecule has 0 saturated heterocycles. The number of aryl methyl sites for hydroxylation is 1. The summed E-state index contributed by atoms with van der Waals surface area (Å²) in [6, 6.07) is 15.5. The van der Waals surface area contributed by atoms with Crippen molar-refractivity contribution >= 4 is 5.91 Å². The average Bonchev–Trinajstić information content (AvgIpc) is 2.55. The highest BCUT2D eigenvalue weighted by Gasteiger charge is 2.21. The third-order valence-electron chi connectivity index (χ3n) is 3.53. The summed E-state index contributed by atoms with van der Waals surface area (Å²) in [5, 5.41) is 2.62. The van der Waals surface area contributed by atoms with E-state index in [9.17, 15) is 4.79 Å². The summed E-state index contributed by atoms with van der Waals surface area (Å²) < 4.78 is 11.2. The summed E-state index contributed by atoms with van der Waals surface area (Å²) in [5.74, 6) is 0.664. The minimum absolute atomic E-state index is 0.175. The molecule has 0 aromatic heterocycles. The first-order valence-electron chi connectivity index (χ1n) is 7.18. The average molecular weight is 299 g/mol. The number of likely N-dealkylation sites (N-methyl/N-ethyl adjacent to an activating group) is 1. The fourth-order valence-corrected chi connectivity index (χ4v) is 2.30. The van der Waals surface area contributed by atoms with Gasteiger partial charge >= 0.3 is 0 Å². The van der Waals surface area contributed by atoms with Crippen LogP contribution in [0.5, 0.6) is 5.75 Å². The van der Waals surface area contributed by atoms with Gasteiger partial charge in [-0.2, -0.15) is 0 Å². The summed E-state index contributed by atoms with van der Waals surface area (Å²) in [6.45, 7) is 2.39. The van der Waals surface area contributed by atoms with Gasteiger partial charge in [0.05, 0.1) is 0 Å². The van der Waals surface area contributed by atoms with Crippen molar-refractivity contribution in [1.29, 1.82) is 0 Å². The Labute approximate surface area is 131 Å². The SMILES string of the molecule is CNC(=O)C(OC)c1ccccc1COc1ccccc1C. The van der Waals surface area contributed by atoms with Crippen LogP contribution in [0, 0.1) is 6.92 Å². The lowest BCUT2D eigenvalue weighted by Crippen LogP contribution is -2.27. The lowest BCUT2D eigenvalue weighted by atomic mass is 10.0. The number of hydrogen-bond acceptors (Lipinski definition) is 3. The minimum atomic E-state index is -0.637. The number of benzene rings is 2. The van der Waals surface area contributed by atoms with Crippen molar-refractivity contribution in [2.45, 2.75) is 19.6 Å². The van der Waals surface area contributed by atoms with Crippen LogP contribution in [-0.2, 0) is 16.1 Å². The third kappa shape index (κ3) is 3.65. The summed E-state index contributed by atoms with van der Waals surface area (Å²) in [7, 11) is 3.12. The number of carbonyl (C=O) groups is 1. The van der Waals surface area contributed by atoms with E-state index in [1.54, 1.807) is 7.05 Å². The van der Waals surface area contributed by atoms with Gasteiger partial charge in [-0.15, -0.1) is 0 Å². The first kappa shape index (κ1) is 16.0. The molecule has 0 aliphatic carbocycles. The molecule has 0 spiro atoms. The topological polar surface area (TPSA) is 47.6 Å². The number of carbonyl (C=O) groups excluding carboxylic acids is 1. The van der Waals surface area contributed by atoms with Gasteiger partial charge in [0.1, 0.15) is 12.4 Å². The van der Waals surface area contributed by atoms with E-state index in [4.69, 9.17) is 9.47 Å². The van der Waals surface area contributed by atoms with Crippen molar-refractivity contribution in [2.24, 2.45) is 0 Å². The molecule has 2 aromatic rings. The number of ether oxygens (including phenoxy) is 2. The zero-order valence-electron chi connectivity index (χ0n) is 13.1. The summed E-state index contributed by atoms with van der Waals surface area (Å²) in [6.07, 6.45) is -0.637. The summed E-state index contributed by atoms with van der Waals surface area (Å²) in [5.41, 5.74) is 2.83. The Morgan fingerprint density at radius 2 is 1.82 bits per heavy atom. The van der Waals surface area contributed by atoms with Crippen LogP contribution in [0.2, 0.25) is 0 Å². The number of hydrogen-bond donors (Lipinski definition) is 1. The molecule has 0 aliphatic heterocycles. The highest BCUT2D eigenvalue weighted by molar-refractivity contribution is 5.82. The maximum absolute atomic E-state index is 11.9. The molecule has 0 saturated carbocycles. The van der Waals surface area contributed by atoms with Crippen LogP contribution in [0.25, 0.3) is 0 Å². The monoisotopic (exact) mass is 299 g/mol. The predicted octanol–water partition coefficient (Wildman–Crippen LogP) is 3.01. The molecule has 0 aliphatic rings. The molecule has 2 rings (SSSR count). The fourth-order valence-electron chi connectivity index (χ4n) is 2.30. The standard InChI is InChI=1S/C18H21NO3/c1-13-8-4-7-11-16(13)22-12-14-9-5-6-10-15(14)17(21-3)18(20)19-2/h4-11,17H,12H2,1-3H3,(H,19,20). The maximum Gasteiger partial charge on any atom is 0.253 e. The van der Waals surface area contributed by atoms with Gasteiger partial charge in [-0.3, -0.25) is 4.79 Å². The zero-order valence-corrected chi connectivity index (χ0v) is 13.1. The molecule has 0 bridgehead atoms. The van der Waals surface area contributed by atoms with E-state index < -0.39 is 6.10 Å². The van der Waals surface area contributed by atoms with Crippen LogP contribution in [0.1, 0.15) is 22.8 Å². The predicted molar refractivity (Wildman–Crippen MR) is 85.8 cm³/mol. The molecular formula is C18H21NO3. The number of amides is 1. The maximum atomic E-state index is 11.9. The number of methoxy groups -OCH3 is 1. The third-order valence-corrected chi connectivity index (χ3v) is 3.53. The van der Waals surface area contributed by atoms with E-state index in [-0.39, 0.29) is 5.91 Å². The van der Waals surface area contributed by atoms with E-state index in [0.717, 1.165) is 22.4 Å². The molecule has 116 valence electrons. The second-order valence-electron chi connectivity index (χ2n) is 4.98. The van der Waals surface area contributed by atoms with Gasteiger partial charge in [0.15, 0.2) is 6.10 Å². The Kier molecular flexibility index (Phi) is 5.55. The van der Waals surface area contributed by atoms with E-state index in [0.29, 0.717) is 6.61 Å². The molecule has 22 heavy (non-hydrogen) atoms. The van der Waals surface area contributed by atoms with Crippen molar-refractivity contribution in [1.82, 2.24) is 5.32 Å². The quantitative estimate of drug-likeness (QED) is 0.892. The summed E-state index contributed by atoms with van der Waals surface area (Å²) in [4.78, 5) is 11.9. The van der Waals surface area contributed by atoms with Crippen molar-refractivity contribution in [3.8, 4) is 5.75 Å². The van der Waals surface area contributed by atoms with Crippen molar-refractivity contribution in [3.05, 3.63) is 65.2 Å². The van der Waals surface area contributed by atoms with Crippen molar-refractivity contribution in [2.75, 3.05) is 14.2 Å². The van der Waals surface area contributed by atoms with Crippen LogP contribution in [-0.4, -0.2) is 20.1 Å². The summed E-state index contributed by atoms with van der Waals surface area (Å²) >= 11 is 0. The normalized spacial score (nSPS) is 11.8. The van der Waals surface area contributed by atoms with E-state index in [1.165, 1.54) is 7.11 Å². The number of nitrogens with one attached hydrogen (secondary N) is 1. The molecule has 0 heterocycles. The van der Waals surface area contributed by atoms with Gasteiger partial charge in [0, 0.05) is 14.2 Å². The van der Waals surface area contributed by atoms with Crippen LogP contribution in [0.3, 0.4) is 0 Å². The van der Waals surface area contributed by atoms with Crippen molar-refractivity contribution in [3.63, 3.8) is 0 Å². The highest BCUT2D eigenvalue weighted by Crippen LogP contribution is 2.24. The van der Waals surface area contributed by atoms with Crippen LogP contribution in [0.15, 0.2) is 48.5 Å². The second-order valence-corrected chi connectivity index (χ2v) is 4.98. The van der Waals surface area contributed by atoms with Crippen LogP contribution >= 0.6 is 0 Å². The van der Waals surface area contributed by atoms with Gasteiger partial charge in [0.25, 0.3) is 5.91 Å². The Balaban J connectivity index is 2.21. The molecule has 4 nitrogen and oxygen atoms in total. The fraction of sp³-hybridized carbons (Fsp3) is 0.278. The van der Waals surface area contributed by atoms with Gasteiger partial charge in [0.2, 0.25) is 0 Å². The molecule has 1 amide bonds. The number of para-hydroxylation sites is 1. The van der Waals surface area contributed by atoms with E-state index in [2.05, 4.69) is 5.32 Å². The Morgan fingerprint density at radius 3 is 2.50 bits per heavy atom. The first-order valence-corrected chi connectivity index (χ1v) is 7.18. The van der Waals surface area contributed by atoms with Gasteiger partial charge in [-0.1, -0.05) is 42.5 Å². The van der Waals surface area contributed by atoms with Crippen molar-refractivity contribution < 1.29 is 14.3 Å². The molecule has 0 radical (unpaired) electrons. The molecule has 1 unspecified atom stereocenters. The largest absolute Gasteiger partial charge is 0.489 e. The molecule has 4 heteroatoms. The Bertz CT molecular complexity index is 640. The molecule has 1 N–H and O–H groups in total. The minimum Gasteiger partial charge on any atom is -0.489 e. The smallest absolute Gasteiger partial charge is 0.253 e. The van der Waals surface area contributed by atoms with Crippen LogP contribution in [0.4, 0.5) is 0 Å². The Morgan fingerprint density at radius 1 is 1.14 bits per heavy atom. The molecular weight excluding hydrogens is 278 g/mol. The molecule has 2 aromatic carbocycles. The highest BCUT2D eigenvalue weighted by atomic mass is 16.5. The van der Waals surface area contributed by atoms with Gasteiger partial charge in [-0.25, -0.2) is 0 Å². The van der Waals surface area contributed by atoms with Gasteiger partial charge < -0.3 is 14.8 Å².